The third kappa shape index (κ3) is 2.39. The first-order chi connectivity index (χ1) is 9.24. The van der Waals surface area contributed by atoms with E-state index < -0.39 is 0 Å². The molecule has 3 rings (SSSR count). The van der Waals surface area contributed by atoms with Crippen LogP contribution in [0.15, 0.2) is 47.1 Å². The van der Waals surface area contributed by atoms with Crippen LogP contribution in [0.3, 0.4) is 0 Å². The molecule has 0 radical (unpaired) electrons. The van der Waals surface area contributed by atoms with Gasteiger partial charge in [-0.2, -0.15) is 0 Å². The average Bonchev–Trinajstić information content (AvgIpc) is 3.06. The number of imidazole rings is 1. The second kappa shape index (κ2) is 4.90. The van der Waals surface area contributed by atoms with Gasteiger partial charge < -0.3 is 9.40 Å². The number of nitrogens with one attached hydrogen (secondary N) is 1. The van der Waals surface area contributed by atoms with E-state index in [0.29, 0.717) is 0 Å². The number of benzene rings is 1. The number of aromatic amines is 1. The van der Waals surface area contributed by atoms with Gasteiger partial charge in [-0.15, -0.1) is 0 Å². The normalized spacial score (nSPS) is 13.2. The summed E-state index contributed by atoms with van der Waals surface area (Å²) in [6.07, 6.45) is 1.71. The summed E-state index contributed by atoms with van der Waals surface area (Å²) in [5, 5.41) is 0. The first kappa shape index (κ1) is 12.0. The van der Waals surface area contributed by atoms with Crippen LogP contribution in [-0.2, 0) is 6.54 Å². The molecule has 0 amide bonds. The van der Waals surface area contributed by atoms with Gasteiger partial charge in [-0.25, -0.2) is 4.98 Å². The predicted molar refractivity (Wildman–Crippen MR) is 74.7 cm³/mol. The lowest BCUT2D eigenvalue weighted by molar-refractivity contribution is 0.219. The molecular weight excluding hydrogens is 238 g/mol. The van der Waals surface area contributed by atoms with E-state index in [9.17, 15) is 0 Å². The van der Waals surface area contributed by atoms with E-state index in [1.807, 2.05) is 36.4 Å². The van der Waals surface area contributed by atoms with E-state index in [1.165, 1.54) is 0 Å². The van der Waals surface area contributed by atoms with Crippen LogP contribution in [0, 0.1) is 0 Å². The molecule has 4 nitrogen and oxygen atoms in total. The van der Waals surface area contributed by atoms with Crippen molar-refractivity contribution in [2.24, 2.45) is 0 Å². The van der Waals surface area contributed by atoms with Crippen molar-refractivity contribution in [3.05, 3.63) is 54.2 Å². The zero-order chi connectivity index (χ0) is 13.2. The highest BCUT2D eigenvalue weighted by Crippen LogP contribution is 2.21. The topological polar surface area (TPSA) is 45.1 Å². The molecule has 2 heterocycles. The highest BCUT2D eigenvalue weighted by atomic mass is 16.3. The van der Waals surface area contributed by atoms with Crippen molar-refractivity contribution >= 4 is 11.0 Å². The third-order valence-corrected chi connectivity index (χ3v) is 3.45. The van der Waals surface area contributed by atoms with Crippen molar-refractivity contribution in [3.63, 3.8) is 0 Å². The second-order valence-electron chi connectivity index (χ2n) is 4.81. The summed E-state index contributed by atoms with van der Waals surface area (Å²) in [6, 6.07) is 12.2. The SMILES string of the molecule is CC(c1ccco1)N(C)Cc1nc2ccccc2[nH]1. The Balaban J connectivity index is 1.77. The molecule has 1 aromatic carbocycles. The highest BCUT2D eigenvalue weighted by Gasteiger charge is 2.15. The zero-order valence-electron chi connectivity index (χ0n) is 11.1. The van der Waals surface area contributed by atoms with Gasteiger partial charge in [0.15, 0.2) is 0 Å². The molecule has 2 aromatic heterocycles. The molecule has 0 saturated heterocycles. The van der Waals surface area contributed by atoms with Crippen molar-refractivity contribution < 1.29 is 4.42 Å². The van der Waals surface area contributed by atoms with Gasteiger partial charge in [0.05, 0.1) is 29.9 Å². The van der Waals surface area contributed by atoms with Gasteiger partial charge in [0.2, 0.25) is 0 Å². The van der Waals surface area contributed by atoms with E-state index in [4.69, 9.17) is 4.42 Å². The number of nitrogens with zero attached hydrogens (tertiary/aromatic N) is 2. The van der Waals surface area contributed by atoms with E-state index in [-0.39, 0.29) is 6.04 Å². The summed E-state index contributed by atoms with van der Waals surface area (Å²) in [5.41, 5.74) is 2.09. The van der Waals surface area contributed by atoms with Gasteiger partial charge in [0.1, 0.15) is 11.6 Å². The molecule has 0 fully saturated rings. The summed E-state index contributed by atoms with van der Waals surface area (Å²) in [4.78, 5) is 10.1. The van der Waals surface area contributed by atoms with Gasteiger partial charge in [-0.3, -0.25) is 4.90 Å². The van der Waals surface area contributed by atoms with Crippen LogP contribution in [-0.4, -0.2) is 21.9 Å². The maximum atomic E-state index is 5.44. The van der Waals surface area contributed by atoms with Crippen LogP contribution < -0.4 is 0 Å². The quantitative estimate of drug-likeness (QED) is 0.777. The van der Waals surface area contributed by atoms with E-state index in [0.717, 1.165) is 29.2 Å². The van der Waals surface area contributed by atoms with Crippen molar-refractivity contribution in [3.8, 4) is 0 Å². The number of furan rings is 1. The van der Waals surface area contributed by atoms with Crippen LogP contribution in [0.5, 0.6) is 0 Å². The number of hydrogen-bond acceptors (Lipinski definition) is 3. The van der Waals surface area contributed by atoms with Crippen molar-refractivity contribution in [1.82, 2.24) is 14.9 Å². The molecule has 3 aromatic rings. The monoisotopic (exact) mass is 255 g/mol. The molecule has 4 heteroatoms. The van der Waals surface area contributed by atoms with Gasteiger partial charge in [0, 0.05) is 0 Å². The van der Waals surface area contributed by atoms with Gasteiger partial charge >= 0.3 is 0 Å². The van der Waals surface area contributed by atoms with Crippen LogP contribution >= 0.6 is 0 Å². The van der Waals surface area contributed by atoms with Crippen LogP contribution in [0.25, 0.3) is 11.0 Å². The minimum atomic E-state index is 0.225. The maximum Gasteiger partial charge on any atom is 0.121 e. The van der Waals surface area contributed by atoms with Crippen molar-refractivity contribution in [2.45, 2.75) is 19.5 Å². The van der Waals surface area contributed by atoms with Crippen LogP contribution in [0.1, 0.15) is 24.6 Å². The van der Waals surface area contributed by atoms with Crippen molar-refractivity contribution in [1.29, 1.82) is 0 Å². The molecule has 0 bridgehead atoms. The smallest absolute Gasteiger partial charge is 0.121 e. The van der Waals surface area contributed by atoms with E-state index in [1.54, 1.807) is 6.26 Å². The molecule has 19 heavy (non-hydrogen) atoms. The molecule has 98 valence electrons. The largest absolute Gasteiger partial charge is 0.468 e. The Morgan fingerprint density at radius 3 is 2.84 bits per heavy atom. The lowest BCUT2D eigenvalue weighted by Gasteiger charge is -2.21. The molecule has 0 aliphatic heterocycles. The summed E-state index contributed by atoms with van der Waals surface area (Å²) in [5.74, 6) is 1.95. The average molecular weight is 255 g/mol. The summed E-state index contributed by atoms with van der Waals surface area (Å²) in [6.45, 7) is 2.89. The number of H-pyrrole nitrogens is 1. The Hall–Kier alpha value is -2.07. The Bertz CT molecular complexity index is 624. The lowest BCUT2D eigenvalue weighted by Crippen LogP contribution is -2.22. The molecular formula is C15H17N3O. The first-order valence-electron chi connectivity index (χ1n) is 6.41. The Morgan fingerprint density at radius 2 is 2.11 bits per heavy atom. The number of aromatic nitrogens is 2. The van der Waals surface area contributed by atoms with Gasteiger partial charge in [-0.1, -0.05) is 12.1 Å². The van der Waals surface area contributed by atoms with E-state index in [2.05, 4.69) is 28.8 Å². The van der Waals surface area contributed by atoms with Crippen molar-refractivity contribution in [2.75, 3.05) is 7.05 Å². The Kier molecular flexibility index (Phi) is 3.09. The van der Waals surface area contributed by atoms with E-state index >= 15 is 0 Å². The predicted octanol–water partition coefficient (Wildman–Crippen LogP) is 3.35. The standard InChI is InChI=1S/C15H17N3O/c1-11(14-8-5-9-19-14)18(2)10-15-16-12-6-3-4-7-13(12)17-15/h3-9,11H,10H2,1-2H3,(H,16,17). The maximum absolute atomic E-state index is 5.44. The first-order valence-corrected chi connectivity index (χ1v) is 6.41. The molecule has 1 N–H and O–H groups in total. The number of rotatable bonds is 4. The zero-order valence-corrected chi connectivity index (χ0v) is 11.1. The molecule has 1 unspecified atom stereocenters. The minimum Gasteiger partial charge on any atom is -0.468 e. The van der Waals surface area contributed by atoms with Gasteiger partial charge in [0.25, 0.3) is 0 Å². The summed E-state index contributed by atoms with van der Waals surface area (Å²) < 4.78 is 5.44. The van der Waals surface area contributed by atoms with Crippen LogP contribution in [0.4, 0.5) is 0 Å². The summed E-state index contributed by atoms with van der Waals surface area (Å²) >= 11 is 0. The number of fused-ring (bicyclic) bond motifs is 1. The number of hydrogen-bond donors (Lipinski definition) is 1. The molecule has 0 aliphatic rings. The van der Waals surface area contributed by atoms with Crippen LogP contribution in [0.2, 0.25) is 0 Å². The molecule has 0 spiro atoms. The summed E-state index contributed by atoms with van der Waals surface area (Å²) in [7, 11) is 2.07. The second-order valence-corrected chi connectivity index (χ2v) is 4.81. The lowest BCUT2D eigenvalue weighted by atomic mass is 10.2. The van der Waals surface area contributed by atoms with Gasteiger partial charge in [-0.05, 0) is 38.2 Å². The number of para-hydroxylation sites is 2. The Morgan fingerprint density at radius 1 is 1.26 bits per heavy atom. The highest BCUT2D eigenvalue weighted by molar-refractivity contribution is 5.74. The fraction of sp³-hybridized carbons (Fsp3) is 0.267. The molecule has 0 aliphatic carbocycles. The minimum absolute atomic E-state index is 0.225. The molecule has 1 atom stereocenters. The molecule has 0 saturated carbocycles. The Labute approximate surface area is 112 Å². The third-order valence-electron chi connectivity index (χ3n) is 3.45. The fourth-order valence-electron chi connectivity index (χ4n) is 2.20. The fourth-order valence-corrected chi connectivity index (χ4v) is 2.20.